The van der Waals surface area contributed by atoms with E-state index in [1.54, 1.807) is 19.2 Å². The second-order valence-corrected chi connectivity index (χ2v) is 11.4. The van der Waals surface area contributed by atoms with E-state index in [9.17, 15) is 4.79 Å². The van der Waals surface area contributed by atoms with Crippen LogP contribution in [0.15, 0.2) is 18.3 Å². The largest absolute Gasteiger partial charge is 0.452 e. The third-order valence-electron chi connectivity index (χ3n) is 3.69. The molecule has 1 rings (SSSR count). The van der Waals surface area contributed by atoms with Crippen LogP contribution in [0.25, 0.3) is 0 Å². The van der Waals surface area contributed by atoms with Crippen molar-refractivity contribution in [2.75, 3.05) is 6.79 Å². The van der Waals surface area contributed by atoms with Crippen LogP contribution in [0.1, 0.15) is 33.3 Å². The van der Waals surface area contributed by atoms with Gasteiger partial charge in [0.15, 0.2) is 15.1 Å². The molecule has 0 aromatic carbocycles. The molecule has 20 heavy (non-hydrogen) atoms. The van der Waals surface area contributed by atoms with Gasteiger partial charge in [-0.15, -0.1) is 0 Å². The monoisotopic (exact) mass is 295 g/mol. The lowest BCUT2D eigenvalue weighted by atomic mass is 10.1. The summed E-state index contributed by atoms with van der Waals surface area (Å²) >= 11 is 0. The molecule has 0 fully saturated rings. The van der Waals surface area contributed by atoms with E-state index in [0.717, 1.165) is 5.56 Å². The molecule has 5 heteroatoms. The van der Waals surface area contributed by atoms with Crippen molar-refractivity contribution in [1.82, 2.24) is 4.98 Å². The second kappa shape index (κ2) is 6.50. The molecule has 0 unspecified atom stereocenters. The van der Waals surface area contributed by atoms with Crippen molar-refractivity contribution in [3.63, 3.8) is 0 Å². The van der Waals surface area contributed by atoms with Gasteiger partial charge in [0.25, 0.3) is 0 Å². The zero-order chi connectivity index (χ0) is 15.4. The predicted molar refractivity (Wildman–Crippen MR) is 82.4 cm³/mol. The van der Waals surface area contributed by atoms with E-state index in [-0.39, 0.29) is 17.6 Å². The van der Waals surface area contributed by atoms with Gasteiger partial charge in [-0.25, -0.2) is 4.98 Å². The number of ether oxygens (including phenoxy) is 1. The molecule has 0 spiro atoms. The number of Topliss-reactive ketones (excluding diaryl/α,β-unsaturated/α-hetero) is 1. The van der Waals surface area contributed by atoms with E-state index in [1.807, 2.05) is 6.07 Å². The third-order valence-corrected chi connectivity index (χ3v) is 8.14. The second-order valence-electron chi connectivity index (χ2n) is 6.55. The van der Waals surface area contributed by atoms with Gasteiger partial charge in [-0.3, -0.25) is 4.79 Å². The van der Waals surface area contributed by atoms with Crippen LogP contribution in [-0.2, 0) is 15.6 Å². The first-order valence-corrected chi connectivity index (χ1v) is 9.74. The normalized spacial score (nSPS) is 12.3. The Morgan fingerprint density at radius 2 is 2.00 bits per heavy atom. The number of pyridine rings is 1. The highest BCUT2D eigenvalue weighted by molar-refractivity contribution is 6.74. The van der Waals surface area contributed by atoms with Gasteiger partial charge >= 0.3 is 0 Å². The Kier molecular flexibility index (Phi) is 5.47. The Hall–Kier alpha value is -1.20. The van der Waals surface area contributed by atoms with Crippen molar-refractivity contribution in [1.29, 1.82) is 0 Å². The summed E-state index contributed by atoms with van der Waals surface area (Å²) in [5.41, 5.74) is 0.912. The molecule has 0 amide bonds. The van der Waals surface area contributed by atoms with Gasteiger partial charge in [0.05, 0.1) is 0 Å². The zero-order valence-corrected chi connectivity index (χ0v) is 14.3. The average Bonchev–Trinajstić information content (AvgIpc) is 2.26. The number of carbonyl (C=O) groups is 1. The lowest BCUT2D eigenvalue weighted by Crippen LogP contribution is -2.41. The van der Waals surface area contributed by atoms with E-state index in [2.05, 4.69) is 38.8 Å². The maximum atomic E-state index is 11.1. The molecule has 0 saturated carbocycles. The smallest absolute Gasteiger partial charge is 0.215 e. The first kappa shape index (κ1) is 16.9. The molecule has 0 atom stereocenters. The molecule has 0 aliphatic rings. The third kappa shape index (κ3) is 5.05. The lowest BCUT2D eigenvalue weighted by molar-refractivity contribution is -0.116. The summed E-state index contributed by atoms with van der Waals surface area (Å²) in [4.78, 5) is 15.2. The number of carbonyl (C=O) groups excluding carboxylic acids is 1. The highest BCUT2D eigenvalue weighted by atomic mass is 28.4. The van der Waals surface area contributed by atoms with Crippen molar-refractivity contribution in [3.8, 4) is 5.88 Å². The number of aromatic nitrogens is 1. The summed E-state index contributed by atoms with van der Waals surface area (Å²) < 4.78 is 11.5. The van der Waals surface area contributed by atoms with Crippen molar-refractivity contribution in [3.05, 3.63) is 23.9 Å². The number of rotatable bonds is 6. The van der Waals surface area contributed by atoms with E-state index in [0.29, 0.717) is 12.3 Å². The van der Waals surface area contributed by atoms with Gasteiger partial charge in [0, 0.05) is 18.7 Å². The Bertz CT molecular complexity index is 466. The van der Waals surface area contributed by atoms with E-state index in [1.165, 1.54) is 0 Å². The minimum absolute atomic E-state index is 0.125. The maximum Gasteiger partial charge on any atom is 0.215 e. The van der Waals surface area contributed by atoms with Crippen molar-refractivity contribution >= 4 is 14.1 Å². The molecule has 0 radical (unpaired) electrons. The van der Waals surface area contributed by atoms with E-state index in [4.69, 9.17) is 9.16 Å². The summed E-state index contributed by atoms with van der Waals surface area (Å²) in [5.74, 6) is 0.627. The van der Waals surface area contributed by atoms with Crippen LogP contribution in [0.3, 0.4) is 0 Å². The molecular formula is C15H25NO3Si. The molecule has 0 aliphatic heterocycles. The molecule has 1 heterocycles. The summed E-state index contributed by atoms with van der Waals surface area (Å²) in [6.45, 7) is 12.7. The highest BCUT2D eigenvalue weighted by Gasteiger charge is 2.37. The van der Waals surface area contributed by atoms with Crippen LogP contribution in [0.4, 0.5) is 0 Å². The highest BCUT2D eigenvalue weighted by Crippen LogP contribution is 2.36. The quantitative estimate of drug-likeness (QED) is 0.594. The van der Waals surface area contributed by atoms with Gasteiger partial charge in [-0.2, -0.15) is 0 Å². The first-order valence-electron chi connectivity index (χ1n) is 6.83. The Balaban J connectivity index is 2.56. The van der Waals surface area contributed by atoms with Gasteiger partial charge < -0.3 is 9.16 Å². The van der Waals surface area contributed by atoms with Crippen LogP contribution in [0, 0.1) is 0 Å². The van der Waals surface area contributed by atoms with Gasteiger partial charge in [-0.1, -0.05) is 20.8 Å². The maximum absolute atomic E-state index is 11.1. The molecule has 1 aromatic rings. The van der Waals surface area contributed by atoms with E-state index >= 15 is 0 Å². The van der Waals surface area contributed by atoms with Crippen LogP contribution < -0.4 is 4.74 Å². The number of hydrogen-bond acceptors (Lipinski definition) is 4. The fourth-order valence-corrected chi connectivity index (χ4v) is 2.17. The molecule has 0 aliphatic carbocycles. The molecule has 112 valence electrons. The minimum Gasteiger partial charge on any atom is -0.452 e. The van der Waals surface area contributed by atoms with Crippen LogP contribution in [0.5, 0.6) is 5.88 Å². The molecule has 0 bridgehead atoms. The fourth-order valence-electron chi connectivity index (χ4n) is 1.38. The molecule has 0 saturated heterocycles. The number of nitrogens with zero attached hydrogens (tertiary/aromatic N) is 1. The topological polar surface area (TPSA) is 48.4 Å². The SMILES string of the molecule is CC(=O)Cc1ccnc(OCO[Si](C)(C)C(C)(C)C)c1. The van der Waals surface area contributed by atoms with Gasteiger partial charge in [0.2, 0.25) is 5.88 Å². The molecule has 4 nitrogen and oxygen atoms in total. The lowest BCUT2D eigenvalue weighted by Gasteiger charge is -2.35. The Morgan fingerprint density at radius 3 is 2.55 bits per heavy atom. The van der Waals surface area contributed by atoms with Crippen LogP contribution >= 0.6 is 0 Å². The average molecular weight is 295 g/mol. The summed E-state index contributed by atoms with van der Waals surface area (Å²) in [5, 5.41) is 0.153. The number of ketones is 1. The summed E-state index contributed by atoms with van der Waals surface area (Å²) in [6, 6.07) is 3.61. The summed E-state index contributed by atoms with van der Waals surface area (Å²) in [7, 11) is -1.81. The number of hydrogen-bond donors (Lipinski definition) is 0. The van der Waals surface area contributed by atoms with Crippen LogP contribution in [-0.4, -0.2) is 25.9 Å². The van der Waals surface area contributed by atoms with Crippen LogP contribution in [0.2, 0.25) is 18.1 Å². The molecular weight excluding hydrogens is 270 g/mol. The molecule has 1 aromatic heterocycles. The van der Waals surface area contributed by atoms with Crippen molar-refractivity contribution in [2.45, 2.75) is 52.2 Å². The van der Waals surface area contributed by atoms with Crippen molar-refractivity contribution < 1.29 is 14.0 Å². The first-order chi connectivity index (χ1) is 9.12. The zero-order valence-electron chi connectivity index (χ0n) is 13.3. The predicted octanol–water partition coefficient (Wildman–Crippen LogP) is 3.57. The standard InChI is InChI=1S/C15H25NO3Si/c1-12(17)9-13-7-8-16-14(10-13)18-11-19-20(5,6)15(2,3)4/h7-8,10H,9,11H2,1-6H3. The van der Waals surface area contributed by atoms with Crippen molar-refractivity contribution in [2.24, 2.45) is 0 Å². The minimum atomic E-state index is -1.81. The van der Waals surface area contributed by atoms with Gasteiger partial charge in [-0.05, 0) is 36.7 Å². The Morgan fingerprint density at radius 1 is 1.35 bits per heavy atom. The molecule has 0 N–H and O–H groups in total. The van der Waals surface area contributed by atoms with E-state index < -0.39 is 8.32 Å². The fraction of sp³-hybridized carbons (Fsp3) is 0.600. The Labute approximate surface area is 122 Å². The van der Waals surface area contributed by atoms with Gasteiger partial charge in [0.1, 0.15) is 5.78 Å². The summed E-state index contributed by atoms with van der Waals surface area (Å²) in [6.07, 6.45) is 2.06.